The number of ether oxygens (including phenoxy) is 4. The molecule has 0 saturated carbocycles. The predicted octanol–water partition coefficient (Wildman–Crippen LogP) is 2.14. The second kappa shape index (κ2) is 12.2. The molecule has 0 amide bonds. The van der Waals surface area contributed by atoms with Crippen LogP contribution in [0.15, 0.2) is 107 Å². The Morgan fingerprint density at radius 1 is 0.732 bits per heavy atom. The Bertz CT molecular complexity index is 1640. The monoisotopic (exact) mass is 557 g/mol. The fourth-order valence-corrected chi connectivity index (χ4v) is 4.22. The van der Waals surface area contributed by atoms with Gasteiger partial charge in [0.25, 0.3) is 0 Å². The van der Waals surface area contributed by atoms with Crippen LogP contribution in [0.2, 0.25) is 0 Å². The lowest BCUT2D eigenvalue weighted by atomic mass is 10.1. The van der Waals surface area contributed by atoms with Crippen LogP contribution in [0.5, 0.6) is 0 Å². The lowest BCUT2D eigenvalue weighted by Crippen LogP contribution is -2.43. The summed E-state index contributed by atoms with van der Waals surface area (Å²) >= 11 is 0. The molecule has 4 aromatic rings. The summed E-state index contributed by atoms with van der Waals surface area (Å²) in [4.78, 5) is 68.8. The number of carbonyl (C=O) groups is 3. The van der Waals surface area contributed by atoms with Gasteiger partial charge in [-0.25, -0.2) is 24.0 Å². The van der Waals surface area contributed by atoms with Gasteiger partial charge in [0, 0.05) is 0 Å². The van der Waals surface area contributed by atoms with Crippen molar-refractivity contribution in [1.29, 1.82) is 0 Å². The van der Waals surface area contributed by atoms with Crippen LogP contribution in [0.25, 0.3) is 0 Å². The minimum absolute atomic E-state index is 0.185. The minimum Gasteiger partial charge on any atom is -0.459 e. The van der Waals surface area contributed by atoms with E-state index < -0.39 is 60.4 Å². The largest absolute Gasteiger partial charge is 0.459 e. The molecule has 1 aliphatic rings. The first-order valence-electron chi connectivity index (χ1n) is 12.5. The van der Waals surface area contributed by atoms with Crippen LogP contribution in [0.1, 0.15) is 37.3 Å². The third kappa shape index (κ3) is 6.28. The van der Waals surface area contributed by atoms with E-state index in [2.05, 4.69) is 4.98 Å². The summed E-state index contributed by atoms with van der Waals surface area (Å²) in [5, 5.41) is 0. The number of nitrogens with zero attached hydrogens (tertiary/aromatic N) is 2. The predicted molar refractivity (Wildman–Crippen MR) is 141 cm³/mol. The van der Waals surface area contributed by atoms with Gasteiger partial charge in [-0.1, -0.05) is 54.6 Å². The van der Waals surface area contributed by atoms with Gasteiger partial charge in [0.2, 0.25) is 0 Å². The van der Waals surface area contributed by atoms with Crippen molar-refractivity contribution in [3.05, 3.63) is 135 Å². The molecule has 0 aliphatic carbocycles. The number of aromatic nitrogens is 3. The van der Waals surface area contributed by atoms with Crippen LogP contribution in [0.4, 0.5) is 0 Å². The van der Waals surface area contributed by atoms with Crippen LogP contribution in [-0.2, 0) is 18.9 Å². The maximum atomic E-state index is 13.1. The van der Waals surface area contributed by atoms with Crippen molar-refractivity contribution < 1.29 is 33.3 Å². The SMILES string of the molecule is O=C(OC[C@H]1O[C@@H](n2cnc(=O)[nH]c2=O)[C@H](OC(=O)c2ccccc2)[C@@H]1OC(=O)c1ccccc1)c1ccccc1. The fraction of sp³-hybridized carbons (Fsp3) is 0.172. The second-order valence-corrected chi connectivity index (χ2v) is 8.89. The van der Waals surface area contributed by atoms with Gasteiger partial charge in [-0.05, 0) is 36.4 Å². The zero-order valence-corrected chi connectivity index (χ0v) is 21.3. The van der Waals surface area contributed by atoms with E-state index in [4.69, 9.17) is 18.9 Å². The first-order valence-corrected chi connectivity index (χ1v) is 12.5. The Morgan fingerprint density at radius 2 is 1.22 bits per heavy atom. The standard InChI is InChI=1S/C29H23N3O9/c33-25(18-10-4-1-5-11-18)38-16-21-22(40-26(34)19-12-6-2-7-13-19)23(41-27(35)20-14-8-3-9-15-20)24(39-21)32-17-30-28(36)31-29(32)37/h1-15,17,21-24H,16H2,(H,31,36,37)/t21-,22-,23-,24-/m1/s1. The second-order valence-electron chi connectivity index (χ2n) is 8.89. The third-order valence-corrected chi connectivity index (χ3v) is 6.20. The Morgan fingerprint density at radius 3 is 1.73 bits per heavy atom. The average molecular weight is 558 g/mol. The van der Waals surface area contributed by atoms with E-state index in [1.807, 2.05) is 4.98 Å². The van der Waals surface area contributed by atoms with Gasteiger partial charge in [0.05, 0.1) is 16.7 Å². The number of H-pyrrole nitrogens is 1. The number of nitrogens with one attached hydrogen (secondary N) is 1. The summed E-state index contributed by atoms with van der Waals surface area (Å²) in [6.07, 6.45) is -4.44. The fourth-order valence-electron chi connectivity index (χ4n) is 4.22. The topological polar surface area (TPSA) is 156 Å². The van der Waals surface area contributed by atoms with Gasteiger partial charge in [0.15, 0.2) is 18.4 Å². The van der Waals surface area contributed by atoms with Crippen molar-refractivity contribution in [2.45, 2.75) is 24.5 Å². The van der Waals surface area contributed by atoms with Gasteiger partial charge < -0.3 is 18.9 Å². The first-order chi connectivity index (χ1) is 19.9. The van der Waals surface area contributed by atoms with E-state index in [0.29, 0.717) is 0 Å². The Kier molecular flexibility index (Phi) is 8.11. The van der Waals surface area contributed by atoms with Crippen LogP contribution in [-0.4, -0.2) is 57.4 Å². The molecule has 4 atom stereocenters. The molecule has 0 spiro atoms. The van der Waals surface area contributed by atoms with Crippen molar-refractivity contribution in [3.63, 3.8) is 0 Å². The molecule has 12 nitrogen and oxygen atoms in total. The molecule has 0 unspecified atom stereocenters. The van der Waals surface area contributed by atoms with Crippen molar-refractivity contribution in [2.24, 2.45) is 0 Å². The quantitative estimate of drug-likeness (QED) is 0.252. The first kappa shape index (κ1) is 27.2. The molecule has 0 radical (unpaired) electrons. The zero-order valence-electron chi connectivity index (χ0n) is 21.3. The number of hydrogen-bond acceptors (Lipinski definition) is 10. The number of rotatable bonds is 8. The molecule has 2 heterocycles. The van der Waals surface area contributed by atoms with Gasteiger partial charge in [-0.2, -0.15) is 4.98 Å². The molecule has 3 aromatic carbocycles. The molecule has 1 N–H and O–H groups in total. The van der Waals surface area contributed by atoms with E-state index in [1.54, 1.807) is 66.7 Å². The van der Waals surface area contributed by atoms with Crippen molar-refractivity contribution >= 4 is 17.9 Å². The van der Waals surface area contributed by atoms with E-state index in [0.717, 1.165) is 10.9 Å². The normalized spacial score (nSPS) is 19.7. The number of benzene rings is 3. The van der Waals surface area contributed by atoms with Crippen LogP contribution >= 0.6 is 0 Å². The molecule has 41 heavy (non-hydrogen) atoms. The molecule has 12 heteroatoms. The molecule has 208 valence electrons. The van der Waals surface area contributed by atoms with Crippen molar-refractivity contribution in [3.8, 4) is 0 Å². The molecular formula is C29H23N3O9. The van der Waals surface area contributed by atoms with E-state index >= 15 is 0 Å². The maximum absolute atomic E-state index is 13.1. The maximum Gasteiger partial charge on any atom is 0.350 e. The van der Waals surface area contributed by atoms with Crippen molar-refractivity contribution in [2.75, 3.05) is 6.61 Å². The summed E-state index contributed by atoms with van der Waals surface area (Å²) in [6.45, 7) is -0.429. The molecule has 5 rings (SSSR count). The highest BCUT2D eigenvalue weighted by atomic mass is 16.7. The van der Waals surface area contributed by atoms with Gasteiger partial charge in [-0.3, -0.25) is 9.55 Å². The third-order valence-electron chi connectivity index (χ3n) is 6.20. The zero-order chi connectivity index (χ0) is 28.8. The van der Waals surface area contributed by atoms with Gasteiger partial charge in [0.1, 0.15) is 19.0 Å². The smallest absolute Gasteiger partial charge is 0.350 e. The Hall–Kier alpha value is -5.36. The van der Waals surface area contributed by atoms with Crippen LogP contribution in [0, 0.1) is 0 Å². The average Bonchev–Trinajstić information content (AvgIpc) is 3.33. The summed E-state index contributed by atoms with van der Waals surface area (Å²) in [6, 6.07) is 24.3. The number of hydrogen-bond donors (Lipinski definition) is 1. The highest BCUT2D eigenvalue weighted by Crippen LogP contribution is 2.34. The lowest BCUT2D eigenvalue weighted by Gasteiger charge is -2.24. The molecule has 0 bridgehead atoms. The van der Waals surface area contributed by atoms with E-state index in [9.17, 15) is 24.0 Å². The molecular weight excluding hydrogens is 534 g/mol. The minimum atomic E-state index is -1.42. The highest BCUT2D eigenvalue weighted by molar-refractivity contribution is 5.91. The van der Waals surface area contributed by atoms with Gasteiger partial charge in [-0.15, -0.1) is 0 Å². The van der Waals surface area contributed by atoms with Gasteiger partial charge >= 0.3 is 29.3 Å². The highest BCUT2D eigenvalue weighted by Gasteiger charge is 2.51. The lowest BCUT2D eigenvalue weighted by molar-refractivity contribution is -0.0645. The summed E-state index contributed by atoms with van der Waals surface area (Å²) < 4.78 is 23.9. The molecule has 1 aliphatic heterocycles. The van der Waals surface area contributed by atoms with E-state index in [1.165, 1.54) is 24.3 Å². The van der Waals surface area contributed by atoms with E-state index in [-0.39, 0.29) is 16.7 Å². The van der Waals surface area contributed by atoms with Crippen LogP contribution in [0.3, 0.4) is 0 Å². The van der Waals surface area contributed by atoms with Crippen molar-refractivity contribution in [1.82, 2.24) is 14.5 Å². The molecule has 1 aromatic heterocycles. The molecule has 1 saturated heterocycles. The molecule has 1 fully saturated rings. The Balaban J connectivity index is 1.50. The number of aromatic amines is 1. The summed E-state index contributed by atoms with van der Waals surface area (Å²) in [5.74, 6) is -2.24. The Labute approximate surface area is 232 Å². The summed E-state index contributed by atoms with van der Waals surface area (Å²) in [7, 11) is 0. The van der Waals surface area contributed by atoms with Crippen LogP contribution < -0.4 is 11.4 Å². The number of esters is 3. The summed E-state index contributed by atoms with van der Waals surface area (Å²) in [5.41, 5.74) is -1.15. The number of carbonyl (C=O) groups excluding carboxylic acids is 3.